The third kappa shape index (κ3) is 3.96. The fourth-order valence-electron chi connectivity index (χ4n) is 2.62. The minimum atomic E-state index is -0.182. The molecule has 0 bridgehead atoms. The Labute approximate surface area is 142 Å². The number of amides is 1. The van der Waals surface area contributed by atoms with Crippen molar-refractivity contribution >= 4 is 12.0 Å². The molecule has 2 aromatic carbocycles. The van der Waals surface area contributed by atoms with E-state index in [0.717, 1.165) is 16.9 Å². The average Bonchev–Trinajstić information content (AvgIpc) is 2.59. The first-order chi connectivity index (χ1) is 11.6. The Bertz CT molecular complexity index is 767. The van der Waals surface area contributed by atoms with E-state index in [-0.39, 0.29) is 12.0 Å². The van der Waals surface area contributed by atoms with Crippen molar-refractivity contribution in [2.24, 2.45) is 0 Å². The number of hydrogen-bond donors (Lipinski definition) is 1. The van der Waals surface area contributed by atoms with E-state index in [1.807, 2.05) is 49.4 Å². The molecule has 0 spiro atoms. The van der Waals surface area contributed by atoms with E-state index >= 15 is 0 Å². The van der Waals surface area contributed by atoms with Gasteiger partial charge >= 0.3 is 0 Å². The first kappa shape index (κ1) is 16.1. The first-order valence-electron chi connectivity index (χ1n) is 8.03. The second-order valence-corrected chi connectivity index (χ2v) is 5.94. The van der Waals surface area contributed by atoms with E-state index in [9.17, 15) is 4.79 Å². The second-order valence-electron chi connectivity index (χ2n) is 5.94. The lowest BCUT2D eigenvalue weighted by Crippen LogP contribution is -2.40. The molecule has 24 heavy (non-hydrogen) atoms. The van der Waals surface area contributed by atoms with Crippen LogP contribution in [0.3, 0.4) is 0 Å². The number of rotatable bonds is 4. The van der Waals surface area contributed by atoms with E-state index < -0.39 is 0 Å². The van der Waals surface area contributed by atoms with Crippen molar-refractivity contribution in [3.63, 3.8) is 0 Å². The highest BCUT2D eigenvalue weighted by molar-refractivity contribution is 5.91. The lowest BCUT2D eigenvalue weighted by atomic mass is 10.1. The summed E-state index contributed by atoms with van der Waals surface area (Å²) in [5, 5.41) is 2.85. The van der Waals surface area contributed by atoms with Gasteiger partial charge in [0.15, 0.2) is 11.5 Å². The normalized spacial score (nSPS) is 16.2. The van der Waals surface area contributed by atoms with Gasteiger partial charge in [-0.3, -0.25) is 4.79 Å². The number of benzene rings is 2. The lowest BCUT2D eigenvalue weighted by Gasteiger charge is -2.26. The van der Waals surface area contributed by atoms with Gasteiger partial charge < -0.3 is 14.8 Å². The molecule has 124 valence electrons. The highest BCUT2D eigenvalue weighted by atomic mass is 16.6. The van der Waals surface area contributed by atoms with Crippen LogP contribution in [0.5, 0.6) is 11.5 Å². The van der Waals surface area contributed by atoms with Gasteiger partial charge in [0, 0.05) is 6.08 Å². The molecule has 0 saturated heterocycles. The predicted octanol–water partition coefficient (Wildman–Crippen LogP) is 3.27. The Morgan fingerprint density at radius 3 is 2.79 bits per heavy atom. The molecule has 1 amide bonds. The Hall–Kier alpha value is -2.75. The van der Waals surface area contributed by atoms with Gasteiger partial charge in [0.05, 0.1) is 6.54 Å². The van der Waals surface area contributed by atoms with Gasteiger partial charge in [0.2, 0.25) is 5.91 Å². The summed E-state index contributed by atoms with van der Waals surface area (Å²) in [5.41, 5.74) is 3.41. The number of ether oxygens (including phenoxy) is 2. The Kier molecular flexibility index (Phi) is 4.85. The molecule has 0 aromatic heterocycles. The molecule has 0 unspecified atom stereocenters. The summed E-state index contributed by atoms with van der Waals surface area (Å²) in [7, 11) is 0. The number of carbonyl (C=O) groups excluding carboxylic acids is 1. The zero-order chi connectivity index (χ0) is 16.9. The number of para-hydroxylation sites is 2. The topological polar surface area (TPSA) is 47.6 Å². The summed E-state index contributed by atoms with van der Waals surface area (Å²) in [5.74, 6) is 1.32. The van der Waals surface area contributed by atoms with Crippen LogP contribution in [0.2, 0.25) is 0 Å². The molecule has 1 atom stereocenters. The molecule has 1 aliphatic rings. The lowest BCUT2D eigenvalue weighted by molar-refractivity contribution is -0.116. The fraction of sp³-hybridized carbons (Fsp3) is 0.250. The fourth-order valence-corrected chi connectivity index (χ4v) is 2.62. The van der Waals surface area contributed by atoms with Crippen molar-refractivity contribution in [2.75, 3.05) is 13.2 Å². The number of carbonyl (C=O) groups is 1. The maximum atomic E-state index is 12.0. The van der Waals surface area contributed by atoms with E-state index in [2.05, 4.69) is 18.3 Å². The summed E-state index contributed by atoms with van der Waals surface area (Å²) in [6.07, 6.45) is 3.20. The van der Waals surface area contributed by atoms with Gasteiger partial charge in [-0.25, -0.2) is 0 Å². The quantitative estimate of drug-likeness (QED) is 0.879. The van der Waals surface area contributed by atoms with Crippen molar-refractivity contribution < 1.29 is 14.3 Å². The highest BCUT2D eigenvalue weighted by Gasteiger charge is 2.20. The zero-order valence-corrected chi connectivity index (χ0v) is 13.9. The Morgan fingerprint density at radius 2 is 2.00 bits per heavy atom. The van der Waals surface area contributed by atoms with Crippen molar-refractivity contribution in [1.29, 1.82) is 0 Å². The van der Waals surface area contributed by atoms with Crippen LogP contribution in [-0.2, 0) is 4.79 Å². The van der Waals surface area contributed by atoms with Crippen LogP contribution in [-0.4, -0.2) is 25.2 Å². The molecule has 4 heteroatoms. The molecule has 0 radical (unpaired) electrons. The smallest absolute Gasteiger partial charge is 0.244 e. The molecule has 1 N–H and O–H groups in total. The molecule has 0 aliphatic carbocycles. The Morgan fingerprint density at radius 1 is 1.21 bits per heavy atom. The zero-order valence-electron chi connectivity index (χ0n) is 13.9. The average molecular weight is 323 g/mol. The van der Waals surface area contributed by atoms with E-state index in [4.69, 9.17) is 9.47 Å². The summed E-state index contributed by atoms with van der Waals surface area (Å²) < 4.78 is 11.4. The maximum Gasteiger partial charge on any atom is 0.244 e. The second kappa shape index (κ2) is 7.21. The van der Waals surface area contributed by atoms with Crippen LogP contribution in [0.25, 0.3) is 6.08 Å². The van der Waals surface area contributed by atoms with Gasteiger partial charge in [-0.15, -0.1) is 0 Å². The molecule has 0 fully saturated rings. The van der Waals surface area contributed by atoms with Crippen molar-refractivity contribution in [3.8, 4) is 11.5 Å². The number of aryl methyl sites for hydroxylation is 2. The van der Waals surface area contributed by atoms with Crippen molar-refractivity contribution in [1.82, 2.24) is 5.32 Å². The van der Waals surface area contributed by atoms with Crippen LogP contribution in [0.4, 0.5) is 0 Å². The largest absolute Gasteiger partial charge is 0.486 e. The molecule has 0 saturated carbocycles. The first-order valence-corrected chi connectivity index (χ1v) is 8.03. The van der Waals surface area contributed by atoms with Crippen LogP contribution in [0.1, 0.15) is 16.7 Å². The van der Waals surface area contributed by atoms with Crippen LogP contribution in [0.15, 0.2) is 48.5 Å². The van der Waals surface area contributed by atoms with Crippen LogP contribution in [0, 0.1) is 13.8 Å². The van der Waals surface area contributed by atoms with Crippen LogP contribution >= 0.6 is 0 Å². The summed E-state index contributed by atoms with van der Waals surface area (Å²) in [6, 6.07) is 13.7. The maximum absolute atomic E-state index is 12.0. The summed E-state index contributed by atoms with van der Waals surface area (Å²) in [6.45, 7) is 4.93. The molecule has 2 aromatic rings. The van der Waals surface area contributed by atoms with Crippen molar-refractivity contribution in [2.45, 2.75) is 20.0 Å². The molecule has 1 heterocycles. The summed E-state index contributed by atoms with van der Waals surface area (Å²) >= 11 is 0. The number of fused-ring (bicyclic) bond motifs is 1. The van der Waals surface area contributed by atoms with Gasteiger partial charge in [-0.1, -0.05) is 35.9 Å². The van der Waals surface area contributed by atoms with Gasteiger partial charge in [-0.2, -0.15) is 0 Å². The minimum absolute atomic E-state index is 0.141. The summed E-state index contributed by atoms with van der Waals surface area (Å²) in [4.78, 5) is 12.0. The van der Waals surface area contributed by atoms with Gasteiger partial charge in [0.1, 0.15) is 12.7 Å². The molecule has 1 aliphatic heterocycles. The SMILES string of the molecule is Cc1ccc(/C=C\C(=O)NC[C@@H]2COc3ccccc3O2)c(C)c1. The predicted molar refractivity (Wildman–Crippen MR) is 94.3 cm³/mol. The number of hydrogen-bond acceptors (Lipinski definition) is 3. The third-order valence-corrected chi connectivity index (χ3v) is 3.91. The Balaban J connectivity index is 1.52. The third-order valence-electron chi connectivity index (χ3n) is 3.91. The minimum Gasteiger partial charge on any atom is -0.486 e. The van der Waals surface area contributed by atoms with Gasteiger partial charge in [0.25, 0.3) is 0 Å². The molecular formula is C20H21NO3. The molecule has 3 rings (SSSR count). The van der Waals surface area contributed by atoms with Gasteiger partial charge in [-0.05, 0) is 43.2 Å². The molecular weight excluding hydrogens is 302 g/mol. The van der Waals surface area contributed by atoms with E-state index in [1.165, 1.54) is 5.56 Å². The standard InChI is InChI=1S/C20H21NO3/c1-14-7-8-16(15(2)11-14)9-10-20(22)21-12-17-13-23-18-5-3-4-6-19(18)24-17/h3-11,17H,12-13H2,1-2H3,(H,21,22)/b10-9-/t17-/m1/s1. The van der Waals surface area contributed by atoms with Crippen LogP contribution < -0.4 is 14.8 Å². The number of nitrogens with one attached hydrogen (secondary N) is 1. The molecule has 4 nitrogen and oxygen atoms in total. The van der Waals surface area contributed by atoms with E-state index in [1.54, 1.807) is 6.08 Å². The van der Waals surface area contributed by atoms with E-state index in [0.29, 0.717) is 18.9 Å². The monoisotopic (exact) mass is 323 g/mol. The highest BCUT2D eigenvalue weighted by Crippen LogP contribution is 2.30. The van der Waals surface area contributed by atoms with Crippen molar-refractivity contribution in [3.05, 3.63) is 65.2 Å².